The van der Waals surface area contributed by atoms with E-state index in [2.05, 4.69) is 31.9 Å². The number of unbranched alkanes of at least 4 members (excludes halogenated alkanes) is 5. The Kier molecular flexibility index (Phi) is 12.4. The third kappa shape index (κ3) is 6.89. The van der Waals surface area contributed by atoms with Crippen molar-refractivity contribution in [3.05, 3.63) is 49.6 Å². The molecule has 1 N–H and O–H groups in total. The van der Waals surface area contributed by atoms with E-state index in [1.54, 1.807) is 27.6 Å². The van der Waals surface area contributed by atoms with Crippen LogP contribution in [0.5, 0.6) is 0 Å². The van der Waals surface area contributed by atoms with Crippen LogP contribution in [0.1, 0.15) is 71.6 Å². The van der Waals surface area contributed by atoms with Crippen LogP contribution in [0.15, 0.2) is 49.6 Å². The van der Waals surface area contributed by atoms with E-state index in [1.807, 2.05) is 30.3 Å². The van der Waals surface area contributed by atoms with E-state index in [9.17, 15) is 19.5 Å². The molecule has 5 atom stereocenters. The van der Waals surface area contributed by atoms with Gasteiger partial charge in [-0.15, -0.1) is 24.9 Å². The molecule has 0 radical (unpaired) electrons. The predicted molar refractivity (Wildman–Crippen MR) is 179 cm³/mol. The van der Waals surface area contributed by atoms with Gasteiger partial charge in [-0.2, -0.15) is 0 Å². The van der Waals surface area contributed by atoms with Gasteiger partial charge in [-0.3, -0.25) is 14.4 Å². The molecule has 0 saturated carbocycles. The zero-order valence-corrected chi connectivity index (χ0v) is 27.4. The van der Waals surface area contributed by atoms with Crippen LogP contribution in [0, 0.1) is 11.8 Å². The highest BCUT2D eigenvalue weighted by Crippen LogP contribution is 2.66. The van der Waals surface area contributed by atoms with E-state index >= 15 is 0 Å². The third-order valence-electron chi connectivity index (χ3n) is 9.53. The number of likely N-dealkylation sites (tertiary alicyclic amines) is 1. The number of aliphatic hydroxyl groups excluding tert-OH is 1. The molecule has 1 aromatic carbocycles. The lowest BCUT2D eigenvalue weighted by atomic mass is 9.71. The van der Waals surface area contributed by atoms with Gasteiger partial charge in [0.1, 0.15) is 6.04 Å². The van der Waals surface area contributed by atoms with Crippen molar-refractivity contribution in [1.82, 2.24) is 4.90 Å². The third-order valence-corrected chi connectivity index (χ3v) is 11.5. The number of nitrogens with zero attached hydrogens (tertiary/aromatic N) is 3. The molecular weight excluding hydrogens is 574 g/mol. The van der Waals surface area contributed by atoms with Crippen molar-refractivity contribution < 1.29 is 24.2 Å². The predicted octanol–water partition coefficient (Wildman–Crippen LogP) is 5.60. The highest BCUT2D eigenvalue weighted by Gasteiger charge is 2.74. The molecule has 2 bridgehead atoms. The van der Waals surface area contributed by atoms with Gasteiger partial charge in [0.25, 0.3) is 5.91 Å². The lowest BCUT2D eigenvalue weighted by Crippen LogP contribution is -2.55. The zero-order chi connectivity index (χ0) is 31.7. The minimum atomic E-state index is -0.666. The Bertz CT molecular complexity index is 1160. The monoisotopic (exact) mass is 625 g/mol. The maximum Gasteiger partial charge on any atom is 0.310 e. The topological polar surface area (TPSA) is 90.4 Å². The van der Waals surface area contributed by atoms with Crippen molar-refractivity contribution in [3.8, 4) is 0 Å². The molecule has 0 aliphatic carbocycles. The second-order valence-electron chi connectivity index (χ2n) is 12.1. The zero-order valence-electron chi connectivity index (χ0n) is 26.6. The number of anilines is 2. The number of thioether (sulfide) groups is 1. The first-order chi connectivity index (χ1) is 21.4. The Balaban J connectivity index is 1.63. The number of carbonyl (C=O) groups excluding carboxylic acids is 3. The number of hydrogen-bond acceptors (Lipinski definition) is 7. The number of ether oxygens (including phenoxy) is 1. The number of aliphatic hydroxyl groups is 1. The molecule has 8 nitrogen and oxygen atoms in total. The van der Waals surface area contributed by atoms with Gasteiger partial charge in [-0.25, -0.2) is 0 Å². The van der Waals surface area contributed by atoms with Crippen molar-refractivity contribution in [2.24, 2.45) is 11.8 Å². The summed E-state index contributed by atoms with van der Waals surface area (Å²) in [4.78, 5) is 48.3. The summed E-state index contributed by atoms with van der Waals surface area (Å²) in [5.41, 5.74) is 1.87. The number of esters is 1. The number of carbonyl (C=O) groups is 3. The van der Waals surface area contributed by atoms with Gasteiger partial charge in [0, 0.05) is 49.4 Å². The van der Waals surface area contributed by atoms with Crippen LogP contribution in [0.3, 0.4) is 0 Å². The highest BCUT2D eigenvalue weighted by molar-refractivity contribution is 8.02. The minimum absolute atomic E-state index is 0.0205. The average molecular weight is 626 g/mol. The van der Waals surface area contributed by atoms with E-state index in [0.29, 0.717) is 19.7 Å². The number of rotatable bonds is 19. The molecule has 2 amide bonds. The van der Waals surface area contributed by atoms with Gasteiger partial charge in [-0.05, 0) is 83.1 Å². The smallest absolute Gasteiger partial charge is 0.310 e. The SMILES string of the molecule is C=CCCCCOC(=O)[C@@H]1[C@@H]2CCC3(S2)C(C(=O)N(CC=C)c2ccc(N(CC)CC)cc2)N(CCCCCCO)C(=O)[C@H]13. The molecular formula is C35H51N3O5S. The Hall–Kier alpha value is -2.78. The summed E-state index contributed by atoms with van der Waals surface area (Å²) in [5, 5.41) is 9.20. The number of amides is 2. The van der Waals surface area contributed by atoms with Crippen LogP contribution in [0.4, 0.5) is 11.4 Å². The van der Waals surface area contributed by atoms with Gasteiger partial charge >= 0.3 is 5.97 Å². The maximum atomic E-state index is 14.7. The van der Waals surface area contributed by atoms with Gasteiger partial charge in [0.05, 0.1) is 23.2 Å². The Labute approximate surface area is 267 Å². The molecule has 2 unspecified atom stereocenters. The maximum absolute atomic E-state index is 14.7. The van der Waals surface area contributed by atoms with Crippen molar-refractivity contribution in [2.75, 3.05) is 49.2 Å². The molecule has 44 heavy (non-hydrogen) atoms. The van der Waals surface area contributed by atoms with Gasteiger partial charge in [-0.1, -0.05) is 25.0 Å². The van der Waals surface area contributed by atoms with E-state index < -0.39 is 22.6 Å². The molecule has 0 aromatic heterocycles. The number of benzene rings is 1. The summed E-state index contributed by atoms with van der Waals surface area (Å²) in [7, 11) is 0. The quantitative estimate of drug-likeness (QED) is 0.122. The molecule has 3 fully saturated rings. The van der Waals surface area contributed by atoms with Crippen molar-refractivity contribution in [2.45, 2.75) is 87.7 Å². The second kappa shape index (κ2) is 16.0. The standard InChI is InChI=1S/C35H51N3O5S/c1-5-9-10-15-25-43-34(42)29-28-20-21-35(44-28)30(29)32(40)38(23-13-11-12-14-24-39)31(35)33(41)37(22-6-2)27-18-16-26(17-19-27)36(7-3)8-4/h5-6,16-19,28-31,39H,1-2,7-15,20-25H2,3-4H3/t28-,29+,30-,31?,35?/m0/s1. The van der Waals surface area contributed by atoms with Crippen LogP contribution >= 0.6 is 11.8 Å². The molecule has 3 aliphatic rings. The minimum Gasteiger partial charge on any atom is -0.465 e. The fraction of sp³-hybridized carbons (Fsp3) is 0.629. The van der Waals surface area contributed by atoms with Crippen molar-refractivity contribution >= 4 is 40.9 Å². The first-order valence-electron chi connectivity index (χ1n) is 16.5. The molecule has 3 aliphatic heterocycles. The number of fused-ring (bicyclic) bond motifs is 1. The van der Waals surface area contributed by atoms with Gasteiger partial charge in [0.15, 0.2) is 0 Å². The molecule has 9 heteroatoms. The molecule has 242 valence electrons. The van der Waals surface area contributed by atoms with E-state index in [0.717, 1.165) is 82.3 Å². The molecule has 3 heterocycles. The average Bonchev–Trinajstić information content (AvgIpc) is 3.67. The normalized spacial score (nSPS) is 25.2. The van der Waals surface area contributed by atoms with Gasteiger partial charge in [0.2, 0.25) is 5.91 Å². The summed E-state index contributed by atoms with van der Waals surface area (Å²) in [6.07, 6.45) is 10.8. The van der Waals surface area contributed by atoms with E-state index in [-0.39, 0.29) is 29.6 Å². The summed E-state index contributed by atoms with van der Waals surface area (Å²) < 4.78 is 5.09. The number of allylic oxidation sites excluding steroid dienone is 1. The lowest BCUT2D eigenvalue weighted by Gasteiger charge is -2.37. The van der Waals surface area contributed by atoms with Crippen molar-refractivity contribution in [1.29, 1.82) is 0 Å². The Morgan fingerprint density at radius 1 is 1.05 bits per heavy atom. The summed E-state index contributed by atoms with van der Waals surface area (Å²) in [5.74, 6) is -1.60. The lowest BCUT2D eigenvalue weighted by molar-refractivity contribution is -0.154. The van der Waals surface area contributed by atoms with Crippen LogP contribution in [0.2, 0.25) is 0 Å². The van der Waals surface area contributed by atoms with Crippen LogP contribution < -0.4 is 9.80 Å². The second-order valence-corrected chi connectivity index (χ2v) is 13.7. The Morgan fingerprint density at radius 3 is 2.41 bits per heavy atom. The Morgan fingerprint density at radius 2 is 1.75 bits per heavy atom. The fourth-order valence-electron chi connectivity index (χ4n) is 7.38. The molecule has 1 aromatic rings. The summed E-state index contributed by atoms with van der Waals surface area (Å²) in [6, 6.07) is 7.38. The van der Waals surface area contributed by atoms with Crippen LogP contribution in [-0.2, 0) is 19.1 Å². The first-order valence-corrected chi connectivity index (χ1v) is 17.4. The summed E-state index contributed by atoms with van der Waals surface area (Å²) in [6.45, 7) is 15.0. The molecule has 1 spiro atoms. The molecule has 4 rings (SSSR count). The molecule has 3 saturated heterocycles. The largest absolute Gasteiger partial charge is 0.465 e. The van der Waals surface area contributed by atoms with Crippen LogP contribution in [0.25, 0.3) is 0 Å². The van der Waals surface area contributed by atoms with Gasteiger partial charge < -0.3 is 24.5 Å². The van der Waals surface area contributed by atoms with Crippen molar-refractivity contribution in [3.63, 3.8) is 0 Å². The fourth-order valence-corrected chi connectivity index (χ4v) is 9.58. The number of hydrogen-bond donors (Lipinski definition) is 1. The van der Waals surface area contributed by atoms with Crippen LogP contribution in [-0.4, -0.2) is 83.2 Å². The van der Waals surface area contributed by atoms with E-state index in [1.165, 1.54) is 0 Å². The highest BCUT2D eigenvalue weighted by atomic mass is 32.2. The summed E-state index contributed by atoms with van der Waals surface area (Å²) >= 11 is 1.68. The van der Waals surface area contributed by atoms with E-state index in [4.69, 9.17) is 4.74 Å². The first kappa shape index (κ1) is 34.1.